The number of fused-ring (bicyclic) bond motifs is 1. The van der Waals surface area contributed by atoms with Crippen molar-refractivity contribution in [2.24, 2.45) is 22.9 Å². The van der Waals surface area contributed by atoms with Crippen LogP contribution in [0.4, 0.5) is 0 Å². The number of para-hydroxylation sites is 1. The van der Waals surface area contributed by atoms with Gasteiger partial charge < -0.3 is 112 Å². The molecule has 6 rings (SSSR count). The molecule has 0 aliphatic carbocycles. The quantitative estimate of drug-likeness (QED) is 0.0227. The number of primary amides is 2. The number of amides is 15. The van der Waals surface area contributed by atoms with Gasteiger partial charge in [0, 0.05) is 54.3 Å². The van der Waals surface area contributed by atoms with Crippen molar-refractivity contribution >= 4 is 121 Å². The van der Waals surface area contributed by atoms with Crippen molar-refractivity contribution in [2.75, 3.05) is 31.2 Å². The molecule has 1 aromatic heterocycles. The van der Waals surface area contributed by atoms with Gasteiger partial charge in [-0.1, -0.05) is 131 Å². The van der Waals surface area contributed by atoms with E-state index in [2.05, 4.69) is 74.1 Å². The van der Waals surface area contributed by atoms with Crippen molar-refractivity contribution in [1.29, 1.82) is 0 Å². The smallest absolute Gasteiger partial charge is 0.245 e. The molecule has 600 valence electrons. The summed E-state index contributed by atoms with van der Waals surface area (Å²) >= 11 is 0. The molecular formula is C73H98N18O18S2. The standard InChI is InChI=1S/C73H98N18O18S2/c1-38(75)62(98)79-34-58(96)81-56-37-111-110-36-55(61(77)97)89-70(106)54(35-92)88-73(109)60(41(4)94)91-69(105)51(30-44-22-12-7-13-23-44)87-72(108)59(40(3)93)90-63(99)39(2)80-65(101)52(31-45-33-78-47-25-15-14-24-46(45)47)85-67(103)50(29-43-20-10-6-11-21-43)83-66(102)49(28-42-18-8-5-9-19-42)84-68(104)53(32-57(76)95)86-64(100)48(82-71(56)107)26-16-17-27-74/h5-15,18-25,33,38-41,48-56,59-60,78,92-94H,16-17,26-32,34-37,74-75H2,1-4H3,(H2,76,95)(H2,77,97)(H,79,98)(H,80,101)(H,81,96)(H,82,107)(H,83,102)(H,84,104)(H,85,103)(H,86,100)(H,87,108)(H,88,109)(H,89,106)(H,90,99)(H,91,105)/t38-,39-,40+,41+,48-,49-,50-,51-,52-,53-,54-,55-,56-,59+,60-/m0/s1. The number of aromatic amines is 1. The molecule has 0 unspecified atom stereocenters. The summed E-state index contributed by atoms with van der Waals surface area (Å²) in [7, 11) is 1.63. The molecule has 2 heterocycles. The number of hydrogen-bond acceptors (Lipinski definition) is 22. The van der Waals surface area contributed by atoms with E-state index in [9.17, 15) is 77.6 Å². The fraction of sp³-hybridized carbons (Fsp3) is 0.438. The number of benzene rings is 4. The van der Waals surface area contributed by atoms with E-state index in [4.69, 9.17) is 22.9 Å². The molecule has 0 spiro atoms. The lowest BCUT2D eigenvalue weighted by atomic mass is 10.0. The van der Waals surface area contributed by atoms with Crippen LogP contribution in [0.1, 0.15) is 75.6 Å². The number of carbonyl (C=O) groups is 15. The Kier molecular flexibility index (Phi) is 35.7. The molecule has 111 heavy (non-hydrogen) atoms. The average molecular weight is 1580 g/mol. The number of aliphatic hydroxyl groups is 3. The Morgan fingerprint density at radius 1 is 0.495 bits per heavy atom. The first-order valence-electron chi connectivity index (χ1n) is 35.7. The summed E-state index contributed by atoms with van der Waals surface area (Å²) in [5.41, 5.74) is 25.4. The summed E-state index contributed by atoms with van der Waals surface area (Å²) in [4.78, 5) is 215. The molecule has 36 nitrogen and oxygen atoms in total. The molecule has 15 amide bonds. The van der Waals surface area contributed by atoms with Crippen LogP contribution in [0.3, 0.4) is 0 Å². The van der Waals surface area contributed by atoms with Crippen molar-refractivity contribution in [3.8, 4) is 0 Å². The molecule has 0 radical (unpaired) electrons. The second-order valence-corrected chi connectivity index (χ2v) is 29.1. The molecule has 1 fully saturated rings. The molecule has 1 saturated heterocycles. The van der Waals surface area contributed by atoms with Gasteiger partial charge in [-0.15, -0.1) is 0 Å². The van der Waals surface area contributed by atoms with Gasteiger partial charge in [0.05, 0.1) is 37.8 Å². The lowest BCUT2D eigenvalue weighted by molar-refractivity contribution is -0.138. The summed E-state index contributed by atoms with van der Waals surface area (Å²) in [5, 5.41) is 65.4. The average Bonchev–Trinajstić information content (AvgIpc) is 1.62. The summed E-state index contributed by atoms with van der Waals surface area (Å²) < 4.78 is 0. The van der Waals surface area contributed by atoms with Crippen LogP contribution in [-0.4, -0.2) is 231 Å². The van der Waals surface area contributed by atoms with E-state index in [1.165, 1.54) is 13.8 Å². The highest BCUT2D eigenvalue weighted by atomic mass is 33.1. The highest BCUT2D eigenvalue weighted by Gasteiger charge is 2.39. The number of H-pyrrole nitrogens is 1. The third kappa shape index (κ3) is 28.7. The largest absolute Gasteiger partial charge is 0.394 e. The van der Waals surface area contributed by atoms with E-state index in [-0.39, 0.29) is 45.1 Å². The normalized spacial score (nSPS) is 24.2. The Morgan fingerprint density at radius 2 is 0.919 bits per heavy atom. The molecule has 1 aliphatic heterocycles. The van der Waals surface area contributed by atoms with Crippen LogP contribution < -0.4 is 92.1 Å². The van der Waals surface area contributed by atoms with Crippen LogP contribution in [0, 0.1) is 0 Å². The first-order chi connectivity index (χ1) is 52.8. The van der Waals surface area contributed by atoms with Crippen LogP contribution in [0.15, 0.2) is 121 Å². The van der Waals surface area contributed by atoms with E-state index >= 15 is 9.59 Å². The Balaban J connectivity index is 1.43. The van der Waals surface area contributed by atoms with Gasteiger partial charge in [-0.25, -0.2) is 0 Å². The number of hydrogen-bond donors (Lipinski definition) is 21. The Hall–Kier alpha value is -11.0. The number of carbonyl (C=O) groups excluding carboxylic acids is 15. The number of aromatic nitrogens is 1. The van der Waals surface area contributed by atoms with E-state index in [1.54, 1.807) is 121 Å². The number of rotatable bonds is 22. The van der Waals surface area contributed by atoms with Crippen molar-refractivity contribution in [2.45, 2.75) is 170 Å². The molecule has 0 saturated carbocycles. The van der Waals surface area contributed by atoms with Crippen LogP contribution in [0.25, 0.3) is 10.9 Å². The number of nitrogens with one attached hydrogen (secondary N) is 14. The van der Waals surface area contributed by atoms with Crippen molar-refractivity contribution in [1.82, 2.24) is 74.1 Å². The molecular weight excluding hydrogens is 1480 g/mol. The van der Waals surface area contributed by atoms with Crippen molar-refractivity contribution in [3.63, 3.8) is 0 Å². The van der Waals surface area contributed by atoms with Gasteiger partial charge in [0.1, 0.15) is 72.5 Å². The Bertz CT molecular complexity index is 4050. The third-order valence-electron chi connectivity index (χ3n) is 17.5. The van der Waals surface area contributed by atoms with Gasteiger partial charge in [0.2, 0.25) is 88.6 Å². The molecule has 1 aliphatic rings. The van der Waals surface area contributed by atoms with Gasteiger partial charge >= 0.3 is 0 Å². The zero-order valence-electron chi connectivity index (χ0n) is 61.5. The fourth-order valence-corrected chi connectivity index (χ4v) is 13.7. The van der Waals surface area contributed by atoms with Crippen LogP contribution in [0.5, 0.6) is 0 Å². The Morgan fingerprint density at radius 3 is 1.41 bits per heavy atom. The van der Waals surface area contributed by atoms with Crippen LogP contribution >= 0.6 is 21.6 Å². The first kappa shape index (κ1) is 88.9. The van der Waals surface area contributed by atoms with E-state index in [0.29, 0.717) is 39.6 Å². The van der Waals surface area contributed by atoms with Gasteiger partial charge in [0.25, 0.3) is 0 Å². The predicted molar refractivity (Wildman–Crippen MR) is 409 cm³/mol. The summed E-state index contributed by atoms with van der Waals surface area (Å²) in [6.07, 6.45) is -3.63. The first-order valence-corrected chi connectivity index (χ1v) is 38.2. The molecule has 0 bridgehead atoms. The molecule has 15 atom stereocenters. The highest BCUT2D eigenvalue weighted by Crippen LogP contribution is 2.24. The summed E-state index contributed by atoms with van der Waals surface area (Å²) in [5.74, 6) is -16.8. The van der Waals surface area contributed by atoms with E-state index in [1.807, 2.05) is 0 Å². The topological polar surface area (TPSA) is 593 Å². The molecule has 5 aromatic rings. The minimum absolute atomic E-state index is 0.116. The van der Waals surface area contributed by atoms with E-state index < -0.39 is 210 Å². The number of nitrogens with two attached hydrogens (primary N) is 4. The second kappa shape index (κ2) is 44.6. The van der Waals surface area contributed by atoms with Gasteiger partial charge in [0.15, 0.2) is 0 Å². The van der Waals surface area contributed by atoms with Crippen LogP contribution in [0.2, 0.25) is 0 Å². The molecule has 4 aromatic carbocycles. The maximum Gasteiger partial charge on any atom is 0.245 e. The monoisotopic (exact) mass is 1580 g/mol. The number of unbranched alkanes of at least 4 members (excludes halogenated alkanes) is 1. The lowest BCUT2D eigenvalue weighted by Gasteiger charge is -2.29. The summed E-state index contributed by atoms with van der Waals surface area (Å²) in [6.45, 7) is 3.07. The van der Waals surface area contributed by atoms with Gasteiger partial charge in [-0.3, -0.25) is 71.9 Å². The fourth-order valence-electron chi connectivity index (χ4n) is 11.3. The van der Waals surface area contributed by atoms with Crippen LogP contribution in [-0.2, 0) is 97.6 Å². The van der Waals surface area contributed by atoms with Gasteiger partial charge in [-0.05, 0) is 81.8 Å². The van der Waals surface area contributed by atoms with E-state index in [0.717, 1.165) is 35.4 Å². The predicted octanol–water partition coefficient (Wildman–Crippen LogP) is -5.62. The highest BCUT2D eigenvalue weighted by molar-refractivity contribution is 8.76. The zero-order valence-corrected chi connectivity index (χ0v) is 63.1. The minimum atomic E-state index is -1.95. The number of aliphatic hydroxyl groups excluding tert-OH is 3. The SMILES string of the molecule is C[C@H](N)C(=O)NCC(=O)N[C@H]1CSSC[C@@H](C(N)=O)NC(=O)[C@H](CO)NC(=O)[C@H]([C@@H](C)O)NC(=O)[C@H](Cc2ccccc2)NC(=O)[C@@H]([C@@H](C)O)NC(=O)[C@H](C)NC(=O)[C@H](Cc2c[nH]c3ccccc23)NC(=O)[C@H](Cc2ccccc2)NC(=O)[C@H](Cc2ccccc2)NC(=O)[C@H](CC(N)=O)NC(=O)[C@H](CCCCN)NC1=O. The lowest BCUT2D eigenvalue weighted by Crippen LogP contribution is -2.63. The van der Waals surface area contributed by atoms with Crippen molar-refractivity contribution < 1.29 is 87.2 Å². The molecule has 38 heteroatoms. The maximum atomic E-state index is 15.2. The minimum Gasteiger partial charge on any atom is -0.394 e. The van der Waals surface area contributed by atoms with Gasteiger partial charge in [-0.2, -0.15) is 0 Å². The third-order valence-corrected chi connectivity index (χ3v) is 19.9. The molecule has 25 N–H and O–H groups in total. The maximum absolute atomic E-state index is 15.2. The summed E-state index contributed by atoms with van der Waals surface area (Å²) in [6, 6.07) is 10.1. The Labute approximate surface area is 647 Å². The zero-order chi connectivity index (χ0) is 81.4. The van der Waals surface area contributed by atoms with Crippen molar-refractivity contribution in [3.05, 3.63) is 144 Å². The second-order valence-electron chi connectivity index (χ2n) is 26.5.